The van der Waals surface area contributed by atoms with Gasteiger partial charge in [-0.1, -0.05) is 50.6 Å². The van der Waals surface area contributed by atoms with E-state index in [0.29, 0.717) is 6.54 Å². The van der Waals surface area contributed by atoms with Crippen molar-refractivity contribution in [2.45, 2.75) is 58.3 Å². The zero-order chi connectivity index (χ0) is 11.2. The molecule has 0 aliphatic carbocycles. The molecule has 0 saturated carbocycles. The van der Waals surface area contributed by atoms with Crippen molar-refractivity contribution in [1.82, 2.24) is 5.32 Å². The van der Waals surface area contributed by atoms with E-state index in [9.17, 15) is 4.91 Å². The molecular formula is C12H26N2O. The zero-order valence-corrected chi connectivity index (χ0v) is 10.1. The Morgan fingerprint density at radius 2 is 1.47 bits per heavy atom. The highest BCUT2D eigenvalue weighted by Gasteiger charge is 1.91. The van der Waals surface area contributed by atoms with Crippen LogP contribution in [0.5, 0.6) is 0 Å². The van der Waals surface area contributed by atoms with E-state index in [1.807, 2.05) is 0 Å². The molecule has 0 rings (SSSR count). The molecule has 0 fully saturated rings. The van der Waals surface area contributed by atoms with Crippen molar-refractivity contribution in [3.63, 3.8) is 0 Å². The Bertz CT molecular complexity index is 129. The number of rotatable bonds is 12. The first-order valence-corrected chi connectivity index (χ1v) is 6.41. The van der Waals surface area contributed by atoms with E-state index < -0.39 is 0 Å². The van der Waals surface area contributed by atoms with Gasteiger partial charge in [0.15, 0.2) is 0 Å². The van der Waals surface area contributed by atoms with E-state index in [4.69, 9.17) is 0 Å². The molecule has 0 heterocycles. The van der Waals surface area contributed by atoms with Gasteiger partial charge >= 0.3 is 0 Å². The second-order valence-corrected chi connectivity index (χ2v) is 4.08. The largest absolute Gasteiger partial charge is 0.317 e. The maximum absolute atomic E-state index is 9.79. The van der Waals surface area contributed by atoms with Crippen molar-refractivity contribution >= 4 is 0 Å². The number of nitrogens with zero attached hydrogens (tertiary/aromatic N) is 1. The topological polar surface area (TPSA) is 41.5 Å². The summed E-state index contributed by atoms with van der Waals surface area (Å²) in [4.78, 5) is 9.79. The predicted molar refractivity (Wildman–Crippen MR) is 66.1 cm³/mol. The molecular weight excluding hydrogens is 188 g/mol. The molecule has 3 heteroatoms. The lowest BCUT2D eigenvalue weighted by Crippen LogP contribution is -2.17. The second-order valence-electron chi connectivity index (χ2n) is 4.08. The third-order valence-electron chi connectivity index (χ3n) is 2.56. The molecule has 1 N–H and O–H groups in total. The van der Waals surface area contributed by atoms with E-state index in [2.05, 4.69) is 17.4 Å². The molecule has 0 aromatic carbocycles. The van der Waals surface area contributed by atoms with Gasteiger partial charge in [-0.05, 0) is 25.9 Å². The normalized spacial score (nSPS) is 10.5. The van der Waals surface area contributed by atoms with Crippen LogP contribution in [-0.4, -0.2) is 19.6 Å². The minimum absolute atomic E-state index is 0.448. The summed E-state index contributed by atoms with van der Waals surface area (Å²) >= 11 is 0. The molecule has 0 unspecified atom stereocenters. The van der Waals surface area contributed by atoms with Crippen LogP contribution in [0.1, 0.15) is 58.3 Å². The Balaban J connectivity index is 2.83. The fourth-order valence-electron chi connectivity index (χ4n) is 1.60. The van der Waals surface area contributed by atoms with Crippen LogP contribution in [0.25, 0.3) is 0 Å². The van der Waals surface area contributed by atoms with E-state index in [-0.39, 0.29) is 0 Å². The van der Waals surface area contributed by atoms with Gasteiger partial charge in [0.25, 0.3) is 0 Å². The van der Waals surface area contributed by atoms with Crippen molar-refractivity contribution in [2.24, 2.45) is 5.18 Å². The van der Waals surface area contributed by atoms with E-state index >= 15 is 0 Å². The van der Waals surface area contributed by atoms with Gasteiger partial charge in [0, 0.05) is 0 Å². The quantitative estimate of drug-likeness (QED) is 0.399. The van der Waals surface area contributed by atoms with Crippen molar-refractivity contribution in [2.75, 3.05) is 19.6 Å². The molecule has 0 spiro atoms. The first-order valence-electron chi connectivity index (χ1n) is 6.41. The number of hydrogen-bond acceptors (Lipinski definition) is 3. The van der Waals surface area contributed by atoms with Crippen LogP contribution in [0.4, 0.5) is 0 Å². The lowest BCUT2D eigenvalue weighted by atomic mass is 10.1. The average Bonchev–Trinajstić information content (AvgIpc) is 2.26. The molecule has 0 radical (unpaired) electrons. The monoisotopic (exact) mass is 214 g/mol. The zero-order valence-electron chi connectivity index (χ0n) is 10.1. The number of nitroso groups, excluding NO2 is 1. The Morgan fingerprint density at radius 1 is 0.867 bits per heavy atom. The summed E-state index contributed by atoms with van der Waals surface area (Å²) in [6, 6.07) is 0. The molecule has 15 heavy (non-hydrogen) atoms. The van der Waals surface area contributed by atoms with Crippen LogP contribution in [0.3, 0.4) is 0 Å². The molecule has 0 aliphatic rings. The summed E-state index contributed by atoms with van der Waals surface area (Å²) in [7, 11) is 0. The summed E-state index contributed by atoms with van der Waals surface area (Å²) in [5.74, 6) is 0. The van der Waals surface area contributed by atoms with Gasteiger partial charge in [0.2, 0.25) is 0 Å². The van der Waals surface area contributed by atoms with Gasteiger partial charge in [0.1, 0.15) is 0 Å². The van der Waals surface area contributed by atoms with Crippen LogP contribution < -0.4 is 5.32 Å². The van der Waals surface area contributed by atoms with Gasteiger partial charge in [-0.2, -0.15) is 4.91 Å². The maximum atomic E-state index is 9.79. The Hall–Kier alpha value is -0.440. The Kier molecular flexibility index (Phi) is 13.2. The second kappa shape index (κ2) is 13.6. The molecule has 0 atom stereocenters. The SMILES string of the molecule is CCCCCCCCCNCCCN=O. The third-order valence-corrected chi connectivity index (χ3v) is 2.56. The molecule has 0 aliphatic heterocycles. The van der Waals surface area contributed by atoms with E-state index in [1.165, 1.54) is 44.9 Å². The van der Waals surface area contributed by atoms with Crippen molar-refractivity contribution in [3.05, 3.63) is 4.91 Å². The minimum Gasteiger partial charge on any atom is -0.317 e. The van der Waals surface area contributed by atoms with Crippen LogP contribution >= 0.6 is 0 Å². The summed E-state index contributed by atoms with van der Waals surface area (Å²) in [5, 5.41) is 6.14. The molecule has 0 bridgehead atoms. The third kappa shape index (κ3) is 13.6. The summed E-state index contributed by atoms with van der Waals surface area (Å²) < 4.78 is 0. The number of unbranched alkanes of at least 4 members (excludes halogenated alkanes) is 6. The van der Waals surface area contributed by atoms with Crippen LogP contribution in [-0.2, 0) is 0 Å². The van der Waals surface area contributed by atoms with Crippen LogP contribution in [0, 0.1) is 4.91 Å². The lowest BCUT2D eigenvalue weighted by molar-refractivity contribution is 0.558. The first kappa shape index (κ1) is 14.6. The molecule has 0 amide bonds. The van der Waals surface area contributed by atoms with Crippen LogP contribution in [0.2, 0.25) is 0 Å². The molecule has 3 nitrogen and oxygen atoms in total. The predicted octanol–water partition coefficient (Wildman–Crippen LogP) is 3.48. The maximum Gasteiger partial charge on any atom is 0.0823 e. The van der Waals surface area contributed by atoms with Gasteiger partial charge < -0.3 is 5.32 Å². The summed E-state index contributed by atoms with van der Waals surface area (Å²) in [6.45, 7) is 4.72. The summed E-state index contributed by atoms with van der Waals surface area (Å²) in [6.07, 6.45) is 10.3. The lowest BCUT2D eigenvalue weighted by Gasteiger charge is -2.03. The highest BCUT2D eigenvalue weighted by molar-refractivity contribution is 4.51. The van der Waals surface area contributed by atoms with E-state index in [1.54, 1.807) is 0 Å². The van der Waals surface area contributed by atoms with Crippen molar-refractivity contribution in [1.29, 1.82) is 0 Å². The van der Waals surface area contributed by atoms with Crippen LogP contribution in [0.15, 0.2) is 5.18 Å². The fraction of sp³-hybridized carbons (Fsp3) is 1.00. The number of nitrogens with one attached hydrogen (secondary N) is 1. The molecule has 0 aromatic rings. The average molecular weight is 214 g/mol. The molecule has 90 valence electrons. The van der Waals surface area contributed by atoms with Crippen molar-refractivity contribution in [3.8, 4) is 0 Å². The molecule has 0 saturated heterocycles. The highest BCUT2D eigenvalue weighted by Crippen LogP contribution is 2.06. The Morgan fingerprint density at radius 3 is 2.13 bits per heavy atom. The first-order chi connectivity index (χ1) is 7.41. The van der Waals surface area contributed by atoms with Gasteiger partial charge in [-0.15, -0.1) is 0 Å². The van der Waals surface area contributed by atoms with Gasteiger partial charge in [-0.25, -0.2) is 0 Å². The fourth-order valence-corrected chi connectivity index (χ4v) is 1.60. The smallest absolute Gasteiger partial charge is 0.0823 e. The van der Waals surface area contributed by atoms with Gasteiger partial charge in [-0.3, -0.25) is 0 Å². The minimum atomic E-state index is 0.448. The Labute approximate surface area is 94.0 Å². The number of hydrogen-bond donors (Lipinski definition) is 1. The highest BCUT2D eigenvalue weighted by atomic mass is 16.3. The van der Waals surface area contributed by atoms with Crippen molar-refractivity contribution < 1.29 is 0 Å². The van der Waals surface area contributed by atoms with E-state index in [0.717, 1.165) is 19.5 Å². The standard InChI is InChI=1S/C12H26N2O/c1-2-3-4-5-6-7-8-10-13-11-9-12-14-15/h13H,2-12H2,1H3. The van der Waals surface area contributed by atoms with Gasteiger partial charge in [0.05, 0.1) is 6.54 Å². The summed E-state index contributed by atoms with van der Waals surface area (Å²) in [5.41, 5.74) is 0. The molecule has 0 aromatic heterocycles.